The summed E-state index contributed by atoms with van der Waals surface area (Å²) in [5, 5.41) is 0. The first-order chi connectivity index (χ1) is 11.1. The number of carbonyl (C=O) groups excluding carboxylic acids is 2. The van der Waals surface area contributed by atoms with Crippen LogP contribution in [0.3, 0.4) is 0 Å². The lowest BCUT2D eigenvalue weighted by molar-refractivity contribution is -0.670. The zero-order chi connectivity index (χ0) is 16.2. The third-order valence-electron chi connectivity index (χ3n) is 3.98. The maximum atomic E-state index is 12.5. The van der Waals surface area contributed by atoms with Crippen molar-refractivity contribution in [2.45, 2.75) is 25.5 Å². The molecule has 7 heteroatoms. The van der Waals surface area contributed by atoms with Gasteiger partial charge in [0.1, 0.15) is 25.0 Å². The molecule has 128 valence electrons. The minimum absolute atomic E-state index is 0. The third-order valence-corrected chi connectivity index (χ3v) is 3.98. The fraction of sp³-hybridized carbons (Fsp3) is 0.353. The lowest BCUT2D eigenvalue weighted by Crippen LogP contribution is -3.00. The van der Waals surface area contributed by atoms with Gasteiger partial charge in [0.2, 0.25) is 0 Å². The Kier molecular flexibility index (Phi) is 6.36. The van der Waals surface area contributed by atoms with Gasteiger partial charge in [0.15, 0.2) is 0 Å². The van der Waals surface area contributed by atoms with Crippen molar-refractivity contribution in [3.63, 3.8) is 0 Å². The Morgan fingerprint density at radius 3 is 2.71 bits per heavy atom. The molecular formula is C17H20IN3O3. The molecule has 0 unspecified atom stereocenters. The van der Waals surface area contributed by atoms with Crippen LogP contribution >= 0.6 is 0 Å². The molecule has 1 aromatic carbocycles. The van der Waals surface area contributed by atoms with Crippen LogP contribution in [-0.4, -0.2) is 34.1 Å². The molecule has 1 atom stereocenters. The van der Waals surface area contributed by atoms with E-state index in [1.54, 1.807) is 28.2 Å². The van der Waals surface area contributed by atoms with Crippen LogP contribution < -0.4 is 28.5 Å². The highest BCUT2D eigenvalue weighted by atomic mass is 127. The van der Waals surface area contributed by atoms with Crippen LogP contribution in [-0.2, 0) is 23.2 Å². The average Bonchev–Trinajstić information content (AvgIpc) is 3.22. The number of rotatable bonds is 3. The van der Waals surface area contributed by atoms with Crippen LogP contribution in [0.25, 0.3) is 0 Å². The number of aromatic nitrogens is 2. The third kappa shape index (κ3) is 4.14. The molecule has 0 bridgehead atoms. The second-order valence-corrected chi connectivity index (χ2v) is 5.71. The zero-order valence-electron chi connectivity index (χ0n) is 13.5. The van der Waals surface area contributed by atoms with Gasteiger partial charge in [0.25, 0.3) is 6.33 Å². The molecule has 1 saturated heterocycles. The zero-order valence-corrected chi connectivity index (χ0v) is 15.6. The smallest absolute Gasteiger partial charge is 0.416 e. The molecule has 3 rings (SSSR count). The molecule has 0 spiro atoms. The molecule has 1 fully saturated rings. The standard InChI is InChI=1S/C17H20N3O3.HI/c1-18-10-11-19(13-18)17(22)20-9-5-8-15(20)16(21)23-12-14-6-3-2-4-7-14;/h2-4,6-7,10-11,13,15H,5,8-9,12H2,1H3;1H/q+1;/p-1/t15-;/m0./s1. The van der Waals surface area contributed by atoms with Crippen molar-refractivity contribution < 1.29 is 42.9 Å². The Morgan fingerprint density at radius 2 is 2.04 bits per heavy atom. The fourth-order valence-electron chi connectivity index (χ4n) is 2.78. The van der Waals surface area contributed by atoms with Crippen LogP contribution in [0.4, 0.5) is 4.79 Å². The van der Waals surface area contributed by atoms with Crippen molar-refractivity contribution >= 4 is 12.0 Å². The van der Waals surface area contributed by atoms with E-state index in [9.17, 15) is 9.59 Å². The van der Waals surface area contributed by atoms with Gasteiger partial charge in [0.05, 0.1) is 7.05 Å². The Balaban J connectivity index is 0.00000208. The van der Waals surface area contributed by atoms with E-state index in [-0.39, 0.29) is 42.6 Å². The second-order valence-electron chi connectivity index (χ2n) is 5.71. The monoisotopic (exact) mass is 441 g/mol. The summed E-state index contributed by atoms with van der Waals surface area (Å²) in [6.45, 7) is 0.808. The van der Waals surface area contributed by atoms with Crippen molar-refractivity contribution in [1.29, 1.82) is 0 Å². The van der Waals surface area contributed by atoms with Crippen molar-refractivity contribution in [2.75, 3.05) is 6.54 Å². The number of aryl methyl sites for hydroxylation is 1. The van der Waals surface area contributed by atoms with E-state index >= 15 is 0 Å². The van der Waals surface area contributed by atoms with Gasteiger partial charge < -0.3 is 28.7 Å². The predicted octanol–water partition coefficient (Wildman–Crippen LogP) is -1.51. The quantitative estimate of drug-likeness (QED) is 0.331. The Labute approximate surface area is 158 Å². The minimum Gasteiger partial charge on any atom is -1.00 e. The van der Waals surface area contributed by atoms with E-state index in [1.807, 2.05) is 37.4 Å². The number of ether oxygens (including phenoxy) is 1. The summed E-state index contributed by atoms with van der Waals surface area (Å²) in [6.07, 6.45) is 6.62. The Hall–Kier alpha value is -1.90. The number of likely N-dealkylation sites (tertiary alicyclic amines) is 1. The van der Waals surface area contributed by atoms with Crippen molar-refractivity contribution in [2.24, 2.45) is 7.05 Å². The Bertz CT molecular complexity index is 702. The number of carbonyl (C=O) groups is 2. The van der Waals surface area contributed by atoms with Crippen LogP contribution in [0.2, 0.25) is 0 Å². The summed E-state index contributed by atoms with van der Waals surface area (Å²) in [5.74, 6) is -0.337. The number of halogens is 1. The molecule has 24 heavy (non-hydrogen) atoms. The molecule has 1 aliphatic rings. The first-order valence-corrected chi connectivity index (χ1v) is 7.70. The van der Waals surface area contributed by atoms with Crippen LogP contribution in [0.1, 0.15) is 18.4 Å². The predicted molar refractivity (Wildman–Crippen MR) is 82.4 cm³/mol. The maximum absolute atomic E-state index is 12.5. The molecule has 0 N–H and O–H groups in total. The van der Waals surface area contributed by atoms with E-state index in [4.69, 9.17) is 4.74 Å². The second kappa shape index (κ2) is 8.27. The molecule has 0 aliphatic carbocycles. The van der Waals surface area contributed by atoms with E-state index in [2.05, 4.69) is 0 Å². The van der Waals surface area contributed by atoms with E-state index in [0.29, 0.717) is 13.0 Å². The number of imidazole rings is 1. The highest BCUT2D eigenvalue weighted by molar-refractivity contribution is 5.85. The molecule has 0 radical (unpaired) electrons. The molecule has 2 heterocycles. The largest absolute Gasteiger partial charge is 1.00 e. The van der Waals surface area contributed by atoms with Crippen LogP contribution in [0, 0.1) is 0 Å². The highest BCUT2D eigenvalue weighted by Gasteiger charge is 2.38. The number of hydrogen-bond acceptors (Lipinski definition) is 3. The lowest BCUT2D eigenvalue weighted by Gasteiger charge is -2.20. The molecule has 2 aromatic rings. The normalized spacial score (nSPS) is 16.5. The SMILES string of the molecule is C[n+]1ccn(C(=O)N2CCC[C@H]2C(=O)OCc2ccccc2)c1.[I-]. The van der Waals surface area contributed by atoms with E-state index in [1.165, 1.54) is 4.57 Å². The molecule has 1 aromatic heterocycles. The van der Waals surface area contributed by atoms with Gasteiger partial charge in [-0.25, -0.2) is 14.2 Å². The number of nitrogens with zero attached hydrogens (tertiary/aromatic N) is 3. The number of hydrogen-bond donors (Lipinski definition) is 0. The van der Waals surface area contributed by atoms with Crippen LogP contribution in [0.5, 0.6) is 0 Å². The number of esters is 1. The highest BCUT2D eigenvalue weighted by Crippen LogP contribution is 2.20. The van der Waals surface area contributed by atoms with Gasteiger partial charge in [-0.3, -0.25) is 4.90 Å². The molecule has 1 amide bonds. The number of benzene rings is 1. The maximum Gasteiger partial charge on any atom is 0.416 e. The fourth-order valence-corrected chi connectivity index (χ4v) is 2.78. The molecule has 1 aliphatic heterocycles. The number of amides is 1. The van der Waals surface area contributed by atoms with Crippen molar-refractivity contribution in [3.05, 3.63) is 54.6 Å². The molecular weight excluding hydrogens is 421 g/mol. The van der Waals surface area contributed by atoms with Gasteiger partial charge in [-0.15, -0.1) is 0 Å². The topological polar surface area (TPSA) is 55.4 Å². The lowest BCUT2D eigenvalue weighted by atomic mass is 10.2. The van der Waals surface area contributed by atoms with Gasteiger partial charge in [-0.05, 0) is 18.4 Å². The summed E-state index contributed by atoms with van der Waals surface area (Å²) in [5.41, 5.74) is 0.939. The first kappa shape index (κ1) is 18.4. The summed E-state index contributed by atoms with van der Waals surface area (Å²) < 4.78 is 8.66. The van der Waals surface area contributed by atoms with Gasteiger partial charge in [0, 0.05) is 6.54 Å². The summed E-state index contributed by atoms with van der Waals surface area (Å²) in [7, 11) is 1.85. The average molecular weight is 441 g/mol. The van der Waals surface area contributed by atoms with Crippen LogP contribution in [0.15, 0.2) is 49.1 Å². The molecule has 0 saturated carbocycles. The summed E-state index contributed by atoms with van der Waals surface area (Å²) in [4.78, 5) is 26.4. The molecule has 6 nitrogen and oxygen atoms in total. The first-order valence-electron chi connectivity index (χ1n) is 7.70. The van der Waals surface area contributed by atoms with Crippen molar-refractivity contribution in [1.82, 2.24) is 9.47 Å². The summed E-state index contributed by atoms with van der Waals surface area (Å²) >= 11 is 0. The van der Waals surface area contributed by atoms with Gasteiger partial charge in [-0.1, -0.05) is 30.3 Å². The van der Waals surface area contributed by atoms with Gasteiger partial charge >= 0.3 is 12.0 Å². The van der Waals surface area contributed by atoms with Crippen molar-refractivity contribution in [3.8, 4) is 0 Å². The minimum atomic E-state index is -0.501. The Morgan fingerprint density at radius 1 is 1.29 bits per heavy atom. The van der Waals surface area contributed by atoms with Gasteiger partial charge in [-0.2, -0.15) is 4.57 Å². The summed E-state index contributed by atoms with van der Waals surface area (Å²) in [6, 6.07) is 8.85. The van der Waals surface area contributed by atoms with E-state index in [0.717, 1.165) is 12.0 Å². The van der Waals surface area contributed by atoms with E-state index < -0.39 is 6.04 Å².